The summed E-state index contributed by atoms with van der Waals surface area (Å²) in [6, 6.07) is 8.55. The minimum absolute atomic E-state index is 0.0713. The van der Waals surface area contributed by atoms with Crippen LogP contribution in [0.3, 0.4) is 0 Å². The van der Waals surface area contributed by atoms with E-state index in [4.69, 9.17) is 4.98 Å². The smallest absolute Gasteiger partial charge is 0.253 e. The Kier molecular flexibility index (Phi) is 6.55. The number of imidazole rings is 1. The summed E-state index contributed by atoms with van der Waals surface area (Å²) in [7, 11) is 1.71. The summed E-state index contributed by atoms with van der Waals surface area (Å²) in [5.74, 6) is -2.23. The van der Waals surface area contributed by atoms with Gasteiger partial charge in [0, 0.05) is 48.6 Å². The number of aryl methyl sites for hydroxylation is 2. The van der Waals surface area contributed by atoms with Crippen LogP contribution < -0.4 is 10.5 Å². The molecule has 1 N–H and O–H groups in total. The number of aliphatic hydroxyl groups is 1. The Bertz CT molecular complexity index is 1820. The molecule has 40 heavy (non-hydrogen) atoms. The molecule has 4 aromatic heterocycles. The molecule has 0 unspecified atom stereocenters. The molecular weight excluding hydrogens is 536 g/mol. The number of rotatable bonds is 5. The summed E-state index contributed by atoms with van der Waals surface area (Å²) in [4.78, 5) is 36.5. The SMILES string of the molecule is Cc1cc(-c2ccn3c(-c4nc(CO)cs4)c([C@@H]4CCCC(=O)N4c4ccc(F)c(F)c4)nc3c2)cn(C)c1=O. The number of aliphatic hydroxyl groups excluding tert-OH is 1. The van der Waals surface area contributed by atoms with Crippen molar-refractivity contribution in [3.8, 4) is 21.8 Å². The van der Waals surface area contributed by atoms with E-state index in [9.17, 15) is 23.5 Å². The number of benzene rings is 1. The number of fused-ring (bicyclic) bond motifs is 1. The summed E-state index contributed by atoms with van der Waals surface area (Å²) in [5, 5.41) is 12.0. The highest BCUT2D eigenvalue weighted by molar-refractivity contribution is 7.13. The van der Waals surface area contributed by atoms with Gasteiger partial charge in [-0.25, -0.2) is 18.7 Å². The second-order valence-electron chi connectivity index (χ2n) is 9.89. The lowest BCUT2D eigenvalue weighted by Gasteiger charge is -2.35. The van der Waals surface area contributed by atoms with Gasteiger partial charge in [-0.1, -0.05) is 0 Å². The Hall–Kier alpha value is -4.22. The normalized spacial score (nSPS) is 15.8. The lowest BCUT2D eigenvalue weighted by atomic mass is 9.96. The second kappa shape index (κ2) is 10.1. The van der Waals surface area contributed by atoms with Gasteiger partial charge in [0.1, 0.15) is 16.3 Å². The largest absolute Gasteiger partial charge is 0.390 e. The third-order valence-electron chi connectivity index (χ3n) is 7.21. The maximum atomic E-state index is 14.2. The molecule has 1 saturated heterocycles. The molecule has 204 valence electrons. The number of nitrogens with zero attached hydrogens (tertiary/aromatic N) is 5. The lowest BCUT2D eigenvalue weighted by molar-refractivity contribution is -0.120. The van der Waals surface area contributed by atoms with E-state index in [2.05, 4.69) is 4.98 Å². The zero-order valence-electron chi connectivity index (χ0n) is 21.8. The second-order valence-corrected chi connectivity index (χ2v) is 10.7. The fourth-order valence-electron chi connectivity index (χ4n) is 5.30. The van der Waals surface area contributed by atoms with E-state index in [1.54, 1.807) is 25.5 Å². The molecule has 0 radical (unpaired) electrons. The first-order valence-corrected chi connectivity index (χ1v) is 13.7. The molecule has 11 heteroatoms. The van der Waals surface area contributed by atoms with Crippen molar-refractivity contribution < 1.29 is 18.7 Å². The van der Waals surface area contributed by atoms with Crippen LogP contribution in [-0.4, -0.2) is 29.9 Å². The zero-order chi connectivity index (χ0) is 28.1. The number of halogens is 2. The molecular formula is C29H25F2N5O3S. The first-order valence-electron chi connectivity index (χ1n) is 12.8. The van der Waals surface area contributed by atoms with Crippen LogP contribution in [0.15, 0.2) is 59.0 Å². The molecule has 5 heterocycles. The molecule has 0 saturated carbocycles. The predicted molar refractivity (Wildman–Crippen MR) is 148 cm³/mol. The van der Waals surface area contributed by atoms with E-state index in [-0.39, 0.29) is 30.2 Å². The molecule has 6 rings (SSSR count). The van der Waals surface area contributed by atoms with E-state index >= 15 is 0 Å². The molecule has 0 spiro atoms. The van der Waals surface area contributed by atoms with Gasteiger partial charge in [-0.2, -0.15) is 0 Å². The summed E-state index contributed by atoms with van der Waals surface area (Å²) in [6.07, 6.45) is 5.08. The van der Waals surface area contributed by atoms with E-state index in [1.807, 2.05) is 28.8 Å². The number of pyridine rings is 2. The van der Waals surface area contributed by atoms with Crippen molar-refractivity contribution in [2.75, 3.05) is 4.90 Å². The molecule has 1 aliphatic rings. The third-order valence-corrected chi connectivity index (χ3v) is 8.11. The molecule has 1 aliphatic heterocycles. The van der Waals surface area contributed by atoms with Gasteiger partial charge >= 0.3 is 0 Å². The van der Waals surface area contributed by atoms with Crippen molar-refractivity contribution in [2.24, 2.45) is 7.05 Å². The Labute approximate surface area is 231 Å². The highest BCUT2D eigenvalue weighted by atomic mass is 32.1. The fourth-order valence-corrected chi connectivity index (χ4v) is 6.16. The Morgan fingerprint density at radius 1 is 1.07 bits per heavy atom. The molecule has 1 aromatic carbocycles. The average Bonchev–Trinajstić information content (AvgIpc) is 3.57. The standard InChI is InChI=1S/C29H25F2N5O3S/c1-16-10-18(13-34(2)29(16)39)17-8-9-35-24(11-17)33-26(27(35)28-32-19(14-37)15-40-28)23-4-3-5-25(38)36(23)20-6-7-21(30)22(31)12-20/h6-13,15,23,37H,3-5,14H2,1-2H3/t23-/m0/s1. The van der Waals surface area contributed by atoms with Gasteiger partial charge in [0.05, 0.1) is 24.0 Å². The fraction of sp³-hybridized carbons (Fsp3) is 0.241. The number of aromatic nitrogens is 4. The Balaban J connectivity index is 1.55. The molecule has 8 nitrogen and oxygen atoms in total. The van der Waals surface area contributed by atoms with Crippen LogP contribution in [0.25, 0.3) is 27.5 Å². The number of piperidine rings is 1. The van der Waals surface area contributed by atoms with Crippen LogP contribution in [0.5, 0.6) is 0 Å². The van der Waals surface area contributed by atoms with Crippen molar-refractivity contribution in [2.45, 2.75) is 38.8 Å². The number of hydrogen-bond donors (Lipinski definition) is 1. The average molecular weight is 562 g/mol. The summed E-state index contributed by atoms with van der Waals surface area (Å²) in [5.41, 5.74) is 4.84. The van der Waals surface area contributed by atoms with Gasteiger partial charge in [0.15, 0.2) is 11.6 Å². The first-order chi connectivity index (χ1) is 19.2. The van der Waals surface area contributed by atoms with E-state index in [1.165, 1.54) is 26.9 Å². The van der Waals surface area contributed by atoms with E-state index in [0.717, 1.165) is 23.3 Å². The van der Waals surface area contributed by atoms with Crippen LogP contribution in [-0.2, 0) is 18.4 Å². The van der Waals surface area contributed by atoms with Crippen molar-refractivity contribution >= 4 is 28.6 Å². The topological polar surface area (TPSA) is 92.7 Å². The van der Waals surface area contributed by atoms with Gasteiger partial charge in [-0.05, 0) is 61.2 Å². The monoisotopic (exact) mass is 561 g/mol. The van der Waals surface area contributed by atoms with Crippen LogP contribution in [0.4, 0.5) is 14.5 Å². The molecule has 0 bridgehead atoms. The molecule has 1 amide bonds. The van der Waals surface area contributed by atoms with Crippen LogP contribution in [0.2, 0.25) is 0 Å². The first kappa shape index (κ1) is 26.0. The van der Waals surface area contributed by atoms with E-state index in [0.29, 0.717) is 46.1 Å². The van der Waals surface area contributed by atoms with Crippen molar-refractivity contribution in [3.63, 3.8) is 0 Å². The third kappa shape index (κ3) is 4.40. The molecule has 1 atom stereocenters. The molecule has 1 fully saturated rings. The molecule has 5 aromatic rings. The quantitative estimate of drug-likeness (QED) is 0.320. The number of carbonyl (C=O) groups excluding carboxylic acids is 1. The molecule has 0 aliphatic carbocycles. The minimum atomic E-state index is -1.03. The summed E-state index contributed by atoms with van der Waals surface area (Å²) >= 11 is 1.35. The summed E-state index contributed by atoms with van der Waals surface area (Å²) in [6.45, 7) is 1.55. The van der Waals surface area contributed by atoms with Crippen LogP contribution >= 0.6 is 11.3 Å². The van der Waals surface area contributed by atoms with Gasteiger partial charge < -0.3 is 14.6 Å². The van der Waals surface area contributed by atoms with E-state index < -0.39 is 17.7 Å². The highest BCUT2D eigenvalue weighted by Crippen LogP contribution is 2.41. The van der Waals surface area contributed by atoms with Crippen molar-refractivity contribution in [1.82, 2.24) is 18.9 Å². The van der Waals surface area contributed by atoms with Crippen LogP contribution in [0.1, 0.15) is 42.3 Å². The number of anilines is 1. The minimum Gasteiger partial charge on any atom is -0.390 e. The van der Waals surface area contributed by atoms with Gasteiger partial charge in [-0.15, -0.1) is 11.3 Å². The number of amides is 1. The summed E-state index contributed by atoms with van der Waals surface area (Å²) < 4.78 is 31.4. The highest BCUT2D eigenvalue weighted by Gasteiger charge is 2.35. The maximum absolute atomic E-state index is 14.2. The Morgan fingerprint density at radius 2 is 1.90 bits per heavy atom. The predicted octanol–water partition coefficient (Wildman–Crippen LogP) is 5.16. The number of hydrogen-bond acceptors (Lipinski definition) is 6. The lowest BCUT2D eigenvalue weighted by Crippen LogP contribution is -2.38. The Morgan fingerprint density at radius 3 is 2.62 bits per heavy atom. The van der Waals surface area contributed by atoms with Crippen molar-refractivity contribution in [1.29, 1.82) is 0 Å². The number of carbonyl (C=O) groups is 1. The maximum Gasteiger partial charge on any atom is 0.253 e. The van der Waals surface area contributed by atoms with Gasteiger partial charge in [0.2, 0.25) is 5.91 Å². The van der Waals surface area contributed by atoms with Gasteiger partial charge in [0.25, 0.3) is 5.56 Å². The van der Waals surface area contributed by atoms with Gasteiger partial charge in [-0.3, -0.25) is 14.0 Å². The number of thiazole rings is 1. The zero-order valence-corrected chi connectivity index (χ0v) is 22.6. The van der Waals surface area contributed by atoms with Crippen molar-refractivity contribution in [3.05, 3.63) is 93.1 Å². The van der Waals surface area contributed by atoms with Crippen LogP contribution in [0, 0.1) is 18.6 Å².